The molecule has 0 unspecified atom stereocenters. The Morgan fingerprint density at radius 1 is 1.24 bits per heavy atom. The summed E-state index contributed by atoms with van der Waals surface area (Å²) in [6.07, 6.45) is 9.27. The first-order chi connectivity index (χ1) is 14.1. The monoisotopic (exact) mass is 384 g/mol. The summed E-state index contributed by atoms with van der Waals surface area (Å²) in [4.78, 5) is 22.0. The molecule has 5 rings (SSSR count). The highest BCUT2D eigenvalue weighted by molar-refractivity contribution is 5.84. The highest BCUT2D eigenvalue weighted by atomic mass is 16.1. The number of rotatable bonds is 2. The molecule has 4 aromatic rings. The molecule has 5 heterocycles. The minimum Gasteiger partial charge on any atom is -0.317 e. The van der Waals surface area contributed by atoms with Crippen LogP contribution < -0.4 is 10.9 Å². The number of nitriles is 1. The van der Waals surface area contributed by atoms with E-state index in [1.54, 1.807) is 12.3 Å². The molecule has 29 heavy (non-hydrogen) atoms. The van der Waals surface area contributed by atoms with Gasteiger partial charge in [-0.25, -0.2) is 4.98 Å². The van der Waals surface area contributed by atoms with Crippen molar-refractivity contribution in [3.05, 3.63) is 64.6 Å². The molecule has 0 radical (unpaired) electrons. The van der Waals surface area contributed by atoms with Crippen LogP contribution in [0.25, 0.3) is 27.7 Å². The van der Waals surface area contributed by atoms with Gasteiger partial charge in [0.1, 0.15) is 6.07 Å². The van der Waals surface area contributed by atoms with Gasteiger partial charge >= 0.3 is 0 Å². The summed E-state index contributed by atoms with van der Waals surface area (Å²) in [6, 6.07) is 8.14. The number of pyridine rings is 3. The third-order valence-electron chi connectivity index (χ3n) is 5.61. The van der Waals surface area contributed by atoms with E-state index < -0.39 is 0 Å². The Hall–Kier alpha value is -3.50. The second kappa shape index (κ2) is 6.83. The average molecular weight is 384 g/mol. The molecule has 1 fully saturated rings. The van der Waals surface area contributed by atoms with E-state index in [1.165, 1.54) is 0 Å². The molecule has 1 saturated heterocycles. The lowest BCUT2D eigenvalue weighted by Crippen LogP contribution is -2.34. The summed E-state index contributed by atoms with van der Waals surface area (Å²) in [7, 11) is 0. The number of hydrogen-bond donors (Lipinski definition) is 1. The minimum absolute atomic E-state index is 0.00634. The van der Waals surface area contributed by atoms with E-state index in [0.29, 0.717) is 16.6 Å². The zero-order valence-corrected chi connectivity index (χ0v) is 16.1. The molecule has 1 aliphatic heterocycles. The highest BCUT2D eigenvalue weighted by Gasteiger charge is 2.17. The van der Waals surface area contributed by atoms with Crippen LogP contribution >= 0.6 is 0 Å². The fraction of sp³-hybridized carbons (Fsp3) is 0.273. The maximum absolute atomic E-state index is 13.0. The van der Waals surface area contributed by atoms with Crippen LogP contribution in [0, 0.1) is 18.3 Å². The Labute approximate surface area is 167 Å². The SMILES string of the molecule is Cc1cn2cc(-c3cc4ccn(C5CCNCC5)c(=O)c4cn3)cc(C#N)c2n1. The molecular weight excluding hydrogens is 364 g/mol. The molecule has 144 valence electrons. The number of aromatic nitrogens is 4. The summed E-state index contributed by atoms with van der Waals surface area (Å²) in [6.45, 7) is 3.77. The van der Waals surface area contributed by atoms with Crippen molar-refractivity contribution < 1.29 is 0 Å². The standard InChI is InChI=1S/C22H20N6O/c1-14-12-27-13-17(8-16(10-23)21(27)26-14)20-9-15-4-7-28(18-2-5-24-6-3-18)22(29)19(15)11-25-20/h4,7-9,11-13,18,24H,2-3,5-6H2,1H3. The molecule has 0 atom stereocenters. The quantitative estimate of drug-likeness (QED) is 0.574. The normalized spacial score (nSPS) is 15.0. The number of aryl methyl sites for hydroxylation is 1. The van der Waals surface area contributed by atoms with E-state index in [1.807, 2.05) is 46.6 Å². The molecule has 0 aromatic carbocycles. The molecule has 4 aromatic heterocycles. The summed E-state index contributed by atoms with van der Waals surface area (Å²) < 4.78 is 3.70. The fourth-order valence-electron chi connectivity index (χ4n) is 4.13. The summed E-state index contributed by atoms with van der Waals surface area (Å²) in [5, 5.41) is 14.3. The van der Waals surface area contributed by atoms with Crippen molar-refractivity contribution >= 4 is 16.4 Å². The number of piperidine rings is 1. The predicted octanol–water partition coefficient (Wildman–Crippen LogP) is 2.82. The van der Waals surface area contributed by atoms with E-state index in [2.05, 4.69) is 21.4 Å². The lowest BCUT2D eigenvalue weighted by atomic mass is 10.1. The number of nitrogens with one attached hydrogen (secondary N) is 1. The zero-order valence-electron chi connectivity index (χ0n) is 16.1. The van der Waals surface area contributed by atoms with Gasteiger partial charge in [0.05, 0.1) is 22.3 Å². The topological polar surface area (TPSA) is 88.0 Å². The molecular formula is C22H20N6O. The fourth-order valence-corrected chi connectivity index (χ4v) is 4.13. The molecule has 0 spiro atoms. The summed E-state index contributed by atoms with van der Waals surface area (Å²) in [5.41, 5.74) is 3.53. The van der Waals surface area contributed by atoms with Crippen LogP contribution in [0.15, 0.2) is 47.8 Å². The second-order valence-electron chi connectivity index (χ2n) is 7.53. The molecule has 1 N–H and O–H groups in total. The van der Waals surface area contributed by atoms with E-state index in [9.17, 15) is 10.1 Å². The first-order valence-electron chi connectivity index (χ1n) is 9.75. The van der Waals surface area contributed by atoms with Crippen LogP contribution in [0.4, 0.5) is 0 Å². The van der Waals surface area contributed by atoms with Crippen molar-refractivity contribution in [1.29, 1.82) is 5.26 Å². The van der Waals surface area contributed by atoms with Gasteiger partial charge in [0.2, 0.25) is 0 Å². The van der Waals surface area contributed by atoms with Crippen molar-refractivity contribution in [3.8, 4) is 17.3 Å². The van der Waals surface area contributed by atoms with Gasteiger partial charge in [0, 0.05) is 36.4 Å². The maximum Gasteiger partial charge on any atom is 0.260 e. The van der Waals surface area contributed by atoms with Crippen LogP contribution in [-0.2, 0) is 0 Å². The van der Waals surface area contributed by atoms with Gasteiger partial charge in [-0.05, 0) is 56.4 Å². The van der Waals surface area contributed by atoms with Crippen molar-refractivity contribution in [2.75, 3.05) is 13.1 Å². The van der Waals surface area contributed by atoms with Crippen molar-refractivity contribution in [3.63, 3.8) is 0 Å². The van der Waals surface area contributed by atoms with Crippen molar-refractivity contribution in [2.45, 2.75) is 25.8 Å². The maximum atomic E-state index is 13.0. The smallest absolute Gasteiger partial charge is 0.260 e. The molecule has 0 saturated carbocycles. The van der Waals surface area contributed by atoms with Gasteiger partial charge in [-0.2, -0.15) is 5.26 Å². The van der Waals surface area contributed by atoms with E-state index in [-0.39, 0.29) is 11.6 Å². The van der Waals surface area contributed by atoms with Gasteiger partial charge in [-0.15, -0.1) is 0 Å². The molecule has 7 heteroatoms. The number of hydrogen-bond acceptors (Lipinski definition) is 5. The first kappa shape index (κ1) is 17.6. The summed E-state index contributed by atoms with van der Waals surface area (Å²) in [5.74, 6) is 0. The van der Waals surface area contributed by atoms with E-state index in [0.717, 1.165) is 48.3 Å². The zero-order chi connectivity index (χ0) is 20.0. The molecule has 0 bridgehead atoms. The average Bonchev–Trinajstić information content (AvgIpc) is 3.13. The third kappa shape index (κ3) is 2.98. The second-order valence-corrected chi connectivity index (χ2v) is 7.53. The van der Waals surface area contributed by atoms with Crippen LogP contribution in [0.3, 0.4) is 0 Å². The lowest BCUT2D eigenvalue weighted by Gasteiger charge is -2.25. The first-order valence-corrected chi connectivity index (χ1v) is 9.75. The minimum atomic E-state index is 0.00634. The third-order valence-corrected chi connectivity index (χ3v) is 5.61. The van der Waals surface area contributed by atoms with Gasteiger partial charge in [0.15, 0.2) is 5.65 Å². The van der Waals surface area contributed by atoms with E-state index >= 15 is 0 Å². The molecule has 7 nitrogen and oxygen atoms in total. The largest absolute Gasteiger partial charge is 0.317 e. The number of imidazole rings is 1. The van der Waals surface area contributed by atoms with Gasteiger partial charge in [-0.3, -0.25) is 9.78 Å². The number of fused-ring (bicyclic) bond motifs is 2. The highest BCUT2D eigenvalue weighted by Crippen LogP contribution is 2.25. The Morgan fingerprint density at radius 3 is 2.86 bits per heavy atom. The Bertz CT molecular complexity index is 1340. The molecule has 0 aliphatic carbocycles. The van der Waals surface area contributed by atoms with E-state index in [4.69, 9.17) is 0 Å². The Balaban J connectivity index is 1.61. The van der Waals surface area contributed by atoms with Gasteiger partial charge < -0.3 is 14.3 Å². The molecule has 0 amide bonds. The number of nitrogens with zero attached hydrogens (tertiary/aromatic N) is 5. The Morgan fingerprint density at radius 2 is 2.07 bits per heavy atom. The van der Waals surface area contributed by atoms with Crippen LogP contribution in [0.1, 0.15) is 30.1 Å². The van der Waals surface area contributed by atoms with Gasteiger partial charge in [0.25, 0.3) is 5.56 Å². The summed E-state index contributed by atoms with van der Waals surface area (Å²) >= 11 is 0. The van der Waals surface area contributed by atoms with Gasteiger partial charge in [-0.1, -0.05) is 0 Å². The molecule has 1 aliphatic rings. The van der Waals surface area contributed by atoms with Crippen LogP contribution in [-0.4, -0.2) is 32.0 Å². The van der Waals surface area contributed by atoms with Crippen LogP contribution in [0.5, 0.6) is 0 Å². The van der Waals surface area contributed by atoms with Crippen LogP contribution in [0.2, 0.25) is 0 Å². The predicted molar refractivity (Wildman–Crippen MR) is 111 cm³/mol. The van der Waals surface area contributed by atoms with Crippen molar-refractivity contribution in [1.82, 2.24) is 24.3 Å². The van der Waals surface area contributed by atoms with Crippen molar-refractivity contribution in [2.24, 2.45) is 0 Å². The Kier molecular flexibility index (Phi) is 4.14. The lowest BCUT2D eigenvalue weighted by molar-refractivity contribution is 0.362.